The average Bonchev–Trinajstić information content (AvgIpc) is 3.44. The standard InChI is InChI=1S/C22H26N8O4S/c1-14(2)30-15(3)26-18-10-24-21(8-19(18)30)27-20-4-5-23-22(28-20)16-9-25-29(11-16)35(31,32)13-17-12-33-6-7-34-17/h4-5,8-11,14,17H,6-7,12-13H2,1-3H3,(H,23,24,27,28). The Morgan fingerprint density at radius 2 is 2.03 bits per heavy atom. The third-order valence-electron chi connectivity index (χ3n) is 5.57. The van der Waals surface area contributed by atoms with Crippen LogP contribution >= 0.6 is 0 Å². The Balaban J connectivity index is 1.36. The molecule has 0 radical (unpaired) electrons. The zero-order chi connectivity index (χ0) is 24.6. The molecule has 1 aliphatic rings. The van der Waals surface area contributed by atoms with E-state index in [1.165, 1.54) is 12.4 Å². The van der Waals surface area contributed by atoms with Crippen molar-refractivity contribution in [2.75, 3.05) is 30.9 Å². The molecule has 4 aromatic heterocycles. The van der Waals surface area contributed by atoms with E-state index in [1.807, 2.05) is 13.0 Å². The second-order valence-corrected chi connectivity index (χ2v) is 10.4. The van der Waals surface area contributed by atoms with Crippen LogP contribution in [0.1, 0.15) is 25.7 Å². The van der Waals surface area contributed by atoms with Crippen molar-refractivity contribution in [2.45, 2.75) is 32.9 Å². The summed E-state index contributed by atoms with van der Waals surface area (Å²) < 4.78 is 39.3. The highest BCUT2D eigenvalue weighted by Crippen LogP contribution is 2.24. The van der Waals surface area contributed by atoms with Crippen LogP contribution in [0.25, 0.3) is 22.4 Å². The number of pyridine rings is 1. The van der Waals surface area contributed by atoms with Gasteiger partial charge in [-0.3, -0.25) is 0 Å². The Bertz CT molecular complexity index is 1460. The van der Waals surface area contributed by atoms with Crippen LogP contribution in [-0.4, -0.2) is 73.8 Å². The van der Waals surface area contributed by atoms with Crippen molar-refractivity contribution in [1.29, 1.82) is 0 Å². The molecule has 0 saturated carbocycles. The molecule has 0 aliphatic carbocycles. The maximum atomic E-state index is 12.7. The normalized spacial score (nSPS) is 16.7. The number of hydrogen-bond acceptors (Lipinski definition) is 10. The number of anilines is 2. The third-order valence-corrected chi connectivity index (χ3v) is 7.13. The van der Waals surface area contributed by atoms with E-state index in [1.54, 1.807) is 18.5 Å². The Hall–Kier alpha value is -3.42. The maximum absolute atomic E-state index is 12.7. The lowest BCUT2D eigenvalue weighted by atomic mass is 10.3. The molecule has 1 saturated heterocycles. The number of imidazole rings is 1. The highest BCUT2D eigenvalue weighted by Gasteiger charge is 2.25. The van der Waals surface area contributed by atoms with E-state index in [2.05, 4.69) is 48.8 Å². The Kier molecular flexibility index (Phi) is 6.21. The molecule has 35 heavy (non-hydrogen) atoms. The van der Waals surface area contributed by atoms with Gasteiger partial charge in [0.05, 0.1) is 61.3 Å². The Morgan fingerprint density at radius 1 is 1.17 bits per heavy atom. The number of aromatic nitrogens is 7. The SMILES string of the molecule is Cc1nc2cnc(Nc3ccnc(-c4cnn(S(=O)(=O)CC5COCCO5)c4)n3)cc2n1C(C)C. The van der Waals surface area contributed by atoms with Crippen LogP contribution in [0.2, 0.25) is 0 Å². The average molecular weight is 499 g/mol. The summed E-state index contributed by atoms with van der Waals surface area (Å²) in [5.41, 5.74) is 2.27. The second kappa shape index (κ2) is 9.32. The summed E-state index contributed by atoms with van der Waals surface area (Å²) in [5.74, 6) is 2.15. The summed E-state index contributed by atoms with van der Waals surface area (Å²) in [7, 11) is -3.72. The molecule has 1 atom stereocenters. The van der Waals surface area contributed by atoms with Crippen LogP contribution in [0.3, 0.4) is 0 Å². The van der Waals surface area contributed by atoms with Crippen LogP contribution in [0.4, 0.5) is 11.6 Å². The minimum atomic E-state index is -3.72. The number of hydrogen-bond donors (Lipinski definition) is 1. The molecular formula is C22H26N8O4S. The van der Waals surface area contributed by atoms with Gasteiger partial charge >= 0.3 is 0 Å². The first kappa shape index (κ1) is 23.3. The Labute approximate surface area is 202 Å². The molecule has 4 aromatic rings. The second-order valence-electron chi connectivity index (χ2n) is 8.52. The van der Waals surface area contributed by atoms with E-state index >= 15 is 0 Å². The van der Waals surface area contributed by atoms with E-state index in [0.29, 0.717) is 36.2 Å². The molecule has 1 fully saturated rings. The van der Waals surface area contributed by atoms with Gasteiger partial charge in [0.15, 0.2) is 5.82 Å². The lowest BCUT2D eigenvalue weighted by Crippen LogP contribution is -2.36. The minimum Gasteiger partial charge on any atom is -0.376 e. The van der Waals surface area contributed by atoms with E-state index in [-0.39, 0.29) is 18.4 Å². The highest BCUT2D eigenvalue weighted by atomic mass is 32.2. The molecule has 5 rings (SSSR count). The molecule has 1 unspecified atom stereocenters. The summed E-state index contributed by atoms with van der Waals surface area (Å²) in [5, 5.41) is 7.21. The summed E-state index contributed by atoms with van der Waals surface area (Å²) in [4.78, 5) is 17.8. The molecule has 0 bridgehead atoms. The van der Waals surface area contributed by atoms with Gasteiger partial charge in [0, 0.05) is 18.3 Å². The van der Waals surface area contributed by atoms with Gasteiger partial charge in [-0.05, 0) is 26.8 Å². The number of ether oxygens (including phenoxy) is 2. The van der Waals surface area contributed by atoms with Crippen molar-refractivity contribution in [3.63, 3.8) is 0 Å². The first-order valence-corrected chi connectivity index (χ1v) is 12.8. The topological polar surface area (TPSA) is 139 Å². The third kappa shape index (κ3) is 4.88. The molecule has 184 valence electrons. The van der Waals surface area contributed by atoms with Gasteiger partial charge in [0.2, 0.25) is 0 Å². The van der Waals surface area contributed by atoms with E-state index in [0.717, 1.165) is 20.9 Å². The number of rotatable bonds is 7. The summed E-state index contributed by atoms with van der Waals surface area (Å²) >= 11 is 0. The number of nitrogens with one attached hydrogen (secondary N) is 1. The summed E-state index contributed by atoms with van der Waals surface area (Å²) in [6.07, 6.45) is 5.60. The molecule has 5 heterocycles. The van der Waals surface area contributed by atoms with Gasteiger partial charge in [0.25, 0.3) is 10.0 Å². The van der Waals surface area contributed by atoms with Crippen molar-refractivity contribution in [2.24, 2.45) is 0 Å². The fourth-order valence-electron chi connectivity index (χ4n) is 4.05. The zero-order valence-corrected chi connectivity index (χ0v) is 20.4. The van der Waals surface area contributed by atoms with E-state index < -0.39 is 16.1 Å². The van der Waals surface area contributed by atoms with Gasteiger partial charge in [-0.15, -0.1) is 0 Å². The van der Waals surface area contributed by atoms with Crippen LogP contribution < -0.4 is 5.32 Å². The van der Waals surface area contributed by atoms with Gasteiger partial charge in [-0.25, -0.2) is 28.4 Å². The van der Waals surface area contributed by atoms with Crippen molar-refractivity contribution in [1.82, 2.24) is 33.7 Å². The number of fused-ring (bicyclic) bond motifs is 1. The highest BCUT2D eigenvalue weighted by molar-refractivity contribution is 7.89. The van der Waals surface area contributed by atoms with Crippen molar-refractivity contribution < 1.29 is 17.9 Å². The quantitative estimate of drug-likeness (QED) is 0.404. The molecule has 1 aliphatic heterocycles. The van der Waals surface area contributed by atoms with Gasteiger partial charge < -0.3 is 19.4 Å². The predicted molar refractivity (Wildman–Crippen MR) is 129 cm³/mol. The Morgan fingerprint density at radius 3 is 2.80 bits per heavy atom. The monoisotopic (exact) mass is 498 g/mol. The molecule has 13 heteroatoms. The lowest BCUT2D eigenvalue weighted by molar-refractivity contribution is -0.0783. The smallest absolute Gasteiger partial charge is 0.256 e. The molecule has 1 N–H and O–H groups in total. The lowest BCUT2D eigenvalue weighted by Gasteiger charge is -2.22. The van der Waals surface area contributed by atoms with Crippen molar-refractivity contribution >= 4 is 32.7 Å². The van der Waals surface area contributed by atoms with Gasteiger partial charge in [-0.2, -0.15) is 9.19 Å². The summed E-state index contributed by atoms with van der Waals surface area (Å²) in [6.45, 7) is 7.26. The van der Waals surface area contributed by atoms with Gasteiger partial charge in [-0.1, -0.05) is 0 Å². The van der Waals surface area contributed by atoms with E-state index in [9.17, 15) is 8.42 Å². The molecule has 0 spiro atoms. The number of nitrogens with zero attached hydrogens (tertiary/aromatic N) is 7. The fourth-order valence-corrected chi connectivity index (χ4v) is 5.33. The molecular weight excluding hydrogens is 472 g/mol. The predicted octanol–water partition coefficient (Wildman–Crippen LogP) is 2.31. The molecule has 0 aromatic carbocycles. The first-order chi connectivity index (χ1) is 16.8. The van der Waals surface area contributed by atoms with Crippen LogP contribution in [0.5, 0.6) is 0 Å². The first-order valence-electron chi connectivity index (χ1n) is 11.2. The van der Waals surface area contributed by atoms with Gasteiger partial charge in [0.1, 0.15) is 23.0 Å². The van der Waals surface area contributed by atoms with Crippen LogP contribution in [0, 0.1) is 6.92 Å². The van der Waals surface area contributed by atoms with Crippen molar-refractivity contribution in [3.8, 4) is 11.4 Å². The van der Waals surface area contributed by atoms with Crippen LogP contribution in [0.15, 0.2) is 36.9 Å². The fraction of sp³-hybridized carbons (Fsp3) is 0.409. The molecule has 0 amide bonds. The minimum absolute atomic E-state index is 0.225. The zero-order valence-electron chi connectivity index (χ0n) is 19.6. The van der Waals surface area contributed by atoms with Crippen LogP contribution in [-0.2, 0) is 19.5 Å². The van der Waals surface area contributed by atoms with Crippen molar-refractivity contribution in [3.05, 3.63) is 42.7 Å². The largest absolute Gasteiger partial charge is 0.376 e. The number of aryl methyl sites for hydroxylation is 1. The summed E-state index contributed by atoms with van der Waals surface area (Å²) in [6, 6.07) is 3.90. The maximum Gasteiger partial charge on any atom is 0.256 e. The molecule has 12 nitrogen and oxygen atoms in total. The van der Waals surface area contributed by atoms with E-state index in [4.69, 9.17) is 9.47 Å².